The number of aromatic carboxylic acids is 1. The number of hydrogen-bond donors (Lipinski definition) is 2. The Morgan fingerprint density at radius 2 is 2.15 bits per heavy atom. The van der Waals surface area contributed by atoms with Gasteiger partial charge in [0.15, 0.2) is 5.69 Å². The van der Waals surface area contributed by atoms with Crippen LogP contribution in [0.1, 0.15) is 65.9 Å². The van der Waals surface area contributed by atoms with E-state index >= 15 is 0 Å². The monoisotopic (exact) mass is 371 g/mol. The molecule has 4 rings (SSSR count). The van der Waals surface area contributed by atoms with E-state index in [-0.39, 0.29) is 5.69 Å². The summed E-state index contributed by atoms with van der Waals surface area (Å²) in [5, 5.41) is 21.8. The number of H-pyrrole nitrogens is 1. The lowest BCUT2D eigenvalue weighted by Gasteiger charge is -2.37. The molecule has 2 aromatic heterocycles. The molecule has 0 bridgehead atoms. The summed E-state index contributed by atoms with van der Waals surface area (Å²) in [6.07, 6.45) is 4.68. The minimum atomic E-state index is -0.904. The molecule has 0 fully saturated rings. The Kier molecular flexibility index (Phi) is 4.80. The number of fused-ring (bicyclic) bond motifs is 2. The number of aromatic amines is 1. The van der Waals surface area contributed by atoms with Crippen molar-refractivity contribution in [2.45, 2.75) is 72.0 Å². The van der Waals surface area contributed by atoms with Gasteiger partial charge in [-0.15, -0.1) is 0 Å². The van der Waals surface area contributed by atoms with Gasteiger partial charge in [0.25, 0.3) is 0 Å². The van der Waals surface area contributed by atoms with Crippen LogP contribution in [0.2, 0.25) is 0 Å². The summed E-state index contributed by atoms with van der Waals surface area (Å²) < 4.78 is 1.94. The highest BCUT2D eigenvalue weighted by Gasteiger charge is 2.33. The van der Waals surface area contributed by atoms with E-state index in [9.17, 15) is 9.90 Å². The Hall–Kier alpha value is -2.15. The Bertz CT molecular complexity index is 837. The Morgan fingerprint density at radius 3 is 2.85 bits per heavy atom. The van der Waals surface area contributed by atoms with Crippen LogP contribution in [0.5, 0.6) is 0 Å². The number of carboxylic acids is 1. The molecule has 0 spiro atoms. The quantitative estimate of drug-likeness (QED) is 0.843. The van der Waals surface area contributed by atoms with Crippen molar-refractivity contribution in [3.05, 3.63) is 33.9 Å². The summed E-state index contributed by atoms with van der Waals surface area (Å²) >= 11 is 0. The molecule has 7 heteroatoms. The molecule has 0 saturated heterocycles. The first-order valence-electron chi connectivity index (χ1n) is 10.1. The second-order valence-electron chi connectivity index (χ2n) is 8.25. The first kappa shape index (κ1) is 18.2. The molecule has 2 aliphatic rings. The number of aromatic nitrogens is 4. The highest BCUT2D eigenvalue weighted by atomic mass is 16.4. The Balaban J connectivity index is 1.58. The van der Waals surface area contributed by atoms with Crippen molar-refractivity contribution in [2.75, 3.05) is 6.54 Å². The standard InChI is InChI=1S/C20H29N5O2/c1-4-16-15-11-24(8-7-17(15)22-21-16)13-5-6-18-14(9-13)19(20(26)27)23-25(18)10-12(2)3/h12-13H,4-11H2,1-3H3,(H,21,22)(H,26,27)/t13-/m1/s1. The number of aryl methyl sites for hydroxylation is 1. The molecule has 0 amide bonds. The van der Waals surface area contributed by atoms with Gasteiger partial charge in [0.2, 0.25) is 0 Å². The van der Waals surface area contributed by atoms with E-state index in [4.69, 9.17) is 0 Å². The van der Waals surface area contributed by atoms with E-state index in [0.717, 1.165) is 63.0 Å². The van der Waals surface area contributed by atoms with Crippen LogP contribution in [0.25, 0.3) is 0 Å². The van der Waals surface area contributed by atoms with Crippen LogP contribution < -0.4 is 0 Å². The molecule has 2 N–H and O–H groups in total. The molecular formula is C20H29N5O2. The number of carbonyl (C=O) groups is 1. The third kappa shape index (κ3) is 3.29. The predicted octanol–water partition coefficient (Wildman–Crippen LogP) is 2.44. The predicted molar refractivity (Wildman–Crippen MR) is 102 cm³/mol. The maximum atomic E-state index is 11.8. The molecular weight excluding hydrogens is 342 g/mol. The highest BCUT2D eigenvalue weighted by molar-refractivity contribution is 5.87. The zero-order chi connectivity index (χ0) is 19.1. The normalized spacial score (nSPS) is 19.9. The van der Waals surface area contributed by atoms with Crippen molar-refractivity contribution in [1.29, 1.82) is 0 Å². The first-order chi connectivity index (χ1) is 13.0. The van der Waals surface area contributed by atoms with E-state index in [1.54, 1.807) is 0 Å². The van der Waals surface area contributed by atoms with E-state index in [2.05, 4.69) is 41.0 Å². The number of nitrogens with zero attached hydrogens (tertiary/aromatic N) is 4. The van der Waals surface area contributed by atoms with Crippen molar-refractivity contribution >= 4 is 5.97 Å². The third-order valence-electron chi connectivity index (χ3n) is 5.96. The molecule has 0 radical (unpaired) electrons. The van der Waals surface area contributed by atoms with Crippen LogP contribution >= 0.6 is 0 Å². The molecule has 1 aliphatic heterocycles. The van der Waals surface area contributed by atoms with Gasteiger partial charge in [0, 0.05) is 54.6 Å². The third-order valence-corrected chi connectivity index (χ3v) is 5.96. The summed E-state index contributed by atoms with van der Waals surface area (Å²) in [4.78, 5) is 14.3. The van der Waals surface area contributed by atoms with Crippen LogP contribution in [0.15, 0.2) is 0 Å². The summed E-state index contributed by atoms with van der Waals surface area (Å²) in [6.45, 7) is 9.12. The van der Waals surface area contributed by atoms with Gasteiger partial charge < -0.3 is 5.11 Å². The van der Waals surface area contributed by atoms with Crippen molar-refractivity contribution in [3.63, 3.8) is 0 Å². The molecule has 27 heavy (non-hydrogen) atoms. The fourth-order valence-electron chi connectivity index (χ4n) is 4.63. The van der Waals surface area contributed by atoms with Gasteiger partial charge in [0.05, 0.1) is 5.69 Å². The summed E-state index contributed by atoms with van der Waals surface area (Å²) in [5.41, 5.74) is 6.13. The fraction of sp³-hybridized carbons (Fsp3) is 0.650. The number of hydrogen-bond acceptors (Lipinski definition) is 4. The van der Waals surface area contributed by atoms with Crippen molar-refractivity contribution in [2.24, 2.45) is 5.92 Å². The van der Waals surface area contributed by atoms with Crippen molar-refractivity contribution in [3.8, 4) is 0 Å². The number of carboxylic acid groups (broad SMARTS) is 1. The summed E-state index contributed by atoms with van der Waals surface area (Å²) in [7, 11) is 0. The van der Waals surface area contributed by atoms with E-state index < -0.39 is 5.97 Å². The summed E-state index contributed by atoms with van der Waals surface area (Å²) in [6, 6.07) is 0.375. The van der Waals surface area contributed by atoms with E-state index in [0.29, 0.717) is 12.0 Å². The average Bonchev–Trinajstić information content (AvgIpc) is 3.21. The minimum Gasteiger partial charge on any atom is -0.476 e. The van der Waals surface area contributed by atoms with Crippen LogP contribution in [-0.2, 0) is 38.8 Å². The largest absolute Gasteiger partial charge is 0.476 e. The maximum Gasteiger partial charge on any atom is 0.356 e. The first-order valence-corrected chi connectivity index (χ1v) is 10.1. The van der Waals surface area contributed by atoms with Crippen LogP contribution in [0.4, 0.5) is 0 Å². The van der Waals surface area contributed by atoms with Gasteiger partial charge in [-0.05, 0) is 31.6 Å². The van der Waals surface area contributed by atoms with Gasteiger partial charge >= 0.3 is 5.97 Å². The van der Waals surface area contributed by atoms with Gasteiger partial charge in [-0.1, -0.05) is 20.8 Å². The molecule has 1 atom stereocenters. The molecule has 0 aromatic carbocycles. The number of rotatable bonds is 5. The maximum absolute atomic E-state index is 11.8. The highest BCUT2D eigenvalue weighted by Crippen LogP contribution is 2.31. The molecule has 146 valence electrons. The second kappa shape index (κ2) is 7.11. The SMILES string of the molecule is CCc1n[nH]c2c1CN([C@@H]1CCc3c(c(C(=O)O)nn3CC(C)C)C1)CC2. The lowest BCUT2D eigenvalue weighted by molar-refractivity contribution is 0.0687. The average molecular weight is 371 g/mol. The van der Waals surface area contributed by atoms with Crippen molar-refractivity contribution in [1.82, 2.24) is 24.9 Å². The number of nitrogens with one attached hydrogen (secondary N) is 1. The molecule has 2 aromatic rings. The smallest absolute Gasteiger partial charge is 0.356 e. The topological polar surface area (TPSA) is 87.0 Å². The molecule has 0 unspecified atom stereocenters. The van der Waals surface area contributed by atoms with E-state index in [1.165, 1.54) is 17.0 Å². The Labute approximate surface area is 159 Å². The molecule has 7 nitrogen and oxygen atoms in total. The van der Waals surface area contributed by atoms with Crippen LogP contribution in [0.3, 0.4) is 0 Å². The molecule has 1 aliphatic carbocycles. The molecule has 3 heterocycles. The van der Waals surface area contributed by atoms with E-state index in [1.807, 2.05) is 4.68 Å². The lowest BCUT2D eigenvalue weighted by Crippen LogP contribution is -2.42. The Morgan fingerprint density at radius 1 is 1.33 bits per heavy atom. The van der Waals surface area contributed by atoms with Gasteiger partial charge in [0.1, 0.15) is 0 Å². The van der Waals surface area contributed by atoms with Gasteiger partial charge in [-0.3, -0.25) is 14.7 Å². The van der Waals surface area contributed by atoms with Crippen LogP contribution in [-0.4, -0.2) is 48.5 Å². The van der Waals surface area contributed by atoms with Crippen LogP contribution in [0, 0.1) is 5.92 Å². The zero-order valence-electron chi connectivity index (χ0n) is 16.5. The minimum absolute atomic E-state index is 0.255. The summed E-state index contributed by atoms with van der Waals surface area (Å²) in [5.74, 6) is -0.458. The van der Waals surface area contributed by atoms with Gasteiger partial charge in [-0.25, -0.2) is 4.79 Å². The second-order valence-corrected chi connectivity index (χ2v) is 8.25. The lowest BCUT2D eigenvalue weighted by atomic mass is 9.88. The zero-order valence-corrected chi connectivity index (χ0v) is 16.5. The van der Waals surface area contributed by atoms with Crippen molar-refractivity contribution < 1.29 is 9.90 Å². The molecule has 0 saturated carbocycles. The van der Waals surface area contributed by atoms with Gasteiger partial charge in [-0.2, -0.15) is 10.2 Å². The fourth-order valence-corrected chi connectivity index (χ4v) is 4.63.